The van der Waals surface area contributed by atoms with Crippen LogP contribution in [-0.2, 0) is 11.3 Å². The molecule has 6 nitrogen and oxygen atoms in total. The lowest BCUT2D eigenvalue weighted by atomic mass is 10.2. The van der Waals surface area contributed by atoms with Crippen molar-refractivity contribution in [3.63, 3.8) is 0 Å². The molecular weight excluding hydrogens is 308 g/mol. The fourth-order valence-corrected chi connectivity index (χ4v) is 2.47. The number of hydrogen-bond donors (Lipinski definition) is 0. The molecule has 1 aromatic heterocycles. The first kappa shape index (κ1) is 15.9. The average Bonchev–Trinajstić information content (AvgIpc) is 3.04. The number of benzene rings is 2. The number of rotatable bonds is 6. The fourth-order valence-electron chi connectivity index (χ4n) is 2.47. The van der Waals surface area contributed by atoms with Gasteiger partial charge in [-0.15, -0.1) is 0 Å². The van der Waals surface area contributed by atoms with Gasteiger partial charge < -0.3 is 18.8 Å². The zero-order chi connectivity index (χ0) is 16.9. The number of nitrogens with zero attached hydrogens (tertiary/aromatic N) is 2. The highest BCUT2D eigenvalue weighted by Crippen LogP contribution is 2.25. The van der Waals surface area contributed by atoms with Crippen molar-refractivity contribution in [2.75, 3.05) is 20.8 Å². The van der Waals surface area contributed by atoms with Gasteiger partial charge in [-0.25, -0.2) is 9.78 Å². The van der Waals surface area contributed by atoms with Gasteiger partial charge in [0.15, 0.2) is 0 Å². The molecule has 124 valence electrons. The smallest absolute Gasteiger partial charge is 0.341 e. The monoisotopic (exact) mass is 326 g/mol. The fraction of sp³-hybridized carbons (Fsp3) is 0.222. The summed E-state index contributed by atoms with van der Waals surface area (Å²) in [5.41, 5.74) is 2.30. The summed E-state index contributed by atoms with van der Waals surface area (Å²) >= 11 is 0. The number of fused-ring (bicyclic) bond motifs is 1. The second kappa shape index (κ2) is 7.04. The molecule has 0 aliphatic rings. The molecule has 0 saturated heterocycles. The van der Waals surface area contributed by atoms with Crippen LogP contribution in [0, 0.1) is 0 Å². The molecule has 0 fully saturated rings. The van der Waals surface area contributed by atoms with Crippen molar-refractivity contribution in [1.29, 1.82) is 0 Å². The van der Waals surface area contributed by atoms with Crippen LogP contribution in [0.3, 0.4) is 0 Å². The Morgan fingerprint density at radius 1 is 1.12 bits per heavy atom. The molecule has 0 bridgehead atoms. The van der Waals surface area contributed by atoms with E-state index in [0.717, 1.165) is 11.0 Å². The van der Waals surface area contributed by atoms with E-state index in [0.29, 0.717) is 23.6 Å². The van der Waals surface area contributed by atoms with Gasteiger partial charge in [0.1, 0.15) is 23.7 Å². The van der Waals surface area contributed by atoms with Gasteiger partial charge in [0, 0.05) is 6.07 Å². The Balaban J connectivity index is 1.65. The number of carbonyl (C=O) groups is 1. The van der Waals surface area contributed by atoms with Gasteiger partial charge in [0.25, 0.3) is 0 Å². The summed E-state index contributed by atoms with van der Waals surface area (Å²) in [6.45, 7) is 0.777. The van der Waals surface area contributed by atoms with Crippen molar-refractivity contribution in [3.05, 3.63) is 54.4 Å². The number of hydrogen-bond acceptors (Lipinski definition) is 5. The van der Waals surface area contributed by atoms with Crippen LogP contribution in [0.2, 0.25) is 0 Å². The molecule has 0 amide bonds. The number of aromatic nitrogens is 2. The van der Waals surface area contributed by atoms with Crippen molar-refractivity contribution >= 4 is 17.0 Å². The maximum atomic E-state index is 12.2. The zero-order valence-electron chi connectivity index (χ0n) is 13.6. The molecule has 6 heteroatoms. The third-order valence-corrected chi connectivity index (χ3v) is 3.72. The van der Waals surface area contributed by atoms with Gasteiger partial charge in [-0.2, -0.15) is 0 Å². The minimum Gasteiger partial charge on any atom is -0.497 e. The number of ether oxygens (including phenoxy) is 3. The summed E-state index contributed by atoms with van der Waals surface area (Å²) in [5, 5.41) is 0. The van der Waals surface area contributed by atoms with Gasteiger partial charge in [0.2, 0.25) is 0 Å². The number of imidazole rings is 1. The van der Waals surface area contributed by atoms with E-state index >= 15 is 0 Å². The Morgan fingerprint density at radius 3 is 2.75 bits per heavy atom. The van der Waals surface area contributed by atoms with Crippen LogP contribution >= 0.6 is 0 Å². The van der Waals surface area contributed by atoms with Crippen LogP contribution in [0.4, 0.5) is 0 Å². The van der Waals surface area contributed by atoms with Crippen LogP contribution in [-0.4, -0.2) is 36.3 Å². The Bertz CT molecular complexity index is 857. The predicted molar refractivity (Wildman–Crippen MR) is 89.6 cm³/mol. The van der Waals surface area contributed by atoms with E-state index in [1.807, 2.05) is 28.8 Å². The molecule has 24 heavy (non-hydrogen) atoms. The lowest BCUT2D eigenvalue weighted by Gasteiger charge is -2.10. The standard InChI is InChI=1S/C18H18N2O4/c1-22-13-7-8-14(17(11-13)23-2)18(21)24-10-9-20-12-19-15-5-3-4-6-16(15)20/h3-8,11-12H,9-10H2,1-2H3. The number of methoxy groups -OCH3 is 2. The van der Waals surface area contributed by atoms with E-state index in [1.165, 1.54) is 7.11 Å². The van der Waals surface area contributed by atoms with E-state index < -0.39 is 5.97 Å². The third-order valence-electron chi connectivity index (χ3n) is 3.72. The summed E-state index contributed by atoms with van der Waals surface area (Å²) in [4.78, 5) is 16.6. The Morgan fingerprint density at radius 2 is 1.96 bits per heavy atom. The topological polar surface area (TPSA) is 62.6 Å². The van der Waals surface area contributed by atoms with Crippen molar-refractivity contribution in [3.8, 4) is 11.5 Å². The summed E-state index contributed by atoms with van der Waals surface area (Å²) in [6, 6.07) is 12.8. The highest BCUT2D eigenvalue weighted by Gasteiger charge is 2.14. The van der Waals surface area contributed by atoms with E-state index in [-0.39, 0.29) is 6.61 Å². The first-order valence-corrected chi connectivity index (χ1v) is 7.52. The third kappa shape index (κ3) is 3.17. The number of carbonyl (C=O) groups excluding carboxylic acids is 1. The highest BCUT2D eigenvalue weighted by molar-refractivity contribution is 5.92. The minimum atomic E-state index is -0.432. The van der Waals surface area contributed by atoms with Crippen LogP contribution in [0.15, 0.2) is 48.8 Å². The van der Waals surface area contributed by atoms with Gasteiger partial charge in [-0.1, -0.05) is 12.1 Å². The Hall–Kier alpha value is -3.02. The Kier molecular flexibility index (Phi) is 4.65. The molecule has 0 aliphatic carbocycles. The molecule has 0 N–H and O–H groups in total. The molecule has 0 spiro atoms. The van der Waals surface area contributed by atoms with Crippen molar-refractivity contribution in [2.24, 2.45) is 0 Å². The van der Waals surface area contributed by atoms with E-state index in [4.69, 9.17) is 14.2 Å². The zero-order valence-corrected chi connectivity index (χ0v) is 13.6. The molecule has 0 atom stereocenters. The second-order valence-electron chi connectivity index (χ2n) is 5.13. The summed E-state index contributed by atoms with van der Waals surface area (Å²) in [7, 11) is 3.06. The molecule has 3 rings (SSSR count). The molecular formula is C18H18N2O4. The Labute approximate surface area is 139 Å². The van der Waals surface area contributed by atoms with Gasteiger partial charge in [-0.3, -0.25) is 0 Å². The van der Waals surface area contributed by atoms with Crippen molar-refractivity contribution < 1.29 is 19.0 Å². The van der Waals surface area contributed by atoms with Crippen LogP contribution in [0.25, 0.3) is 11.0 Å². The molecule has 0 unspecified atom stereocenters. The molecule has 0 aliphatic heterocycles. The summed E-state index contributed by atoms with van der Waals surface area (Å²) in [5.74, 6) is 0.611. The molecule has 1 heterocycles. The first-order chi connectivity index (χ1) is 11.7. The lowest BCUT2D eigenvalue weighted by molar-refractivity contribution is 0.0488. The van der Waals surface area contributed by atoms with Gasteiger partial charge in [0.05, 0.1) is 38.1 Å². The lowest BCUT2D eigenvalue weighted by Crippen LogP contribution is -2.12. The molecule has 0 saturated carbocycles. The summed E-state index contributed by atoms with van der Waals surface area (Å²) in [6.07, 6.45) is 1.74. The largest absolute Gasteiger partial charge is 0.497 e. The maximum Gasteiger partial charge on any atom is 0.341 e. The van der Waals surface area contributed by atoms with Gasteiger partial charge in [-0.05, 0) is 24.3 Å². The molecule has 3 aromatic rings. The highest BCUT2D eigenvalue weighted by atomic mass is 16.5. The van der Waals surface area contributed by atoms with E-state index in [2.05, 4.69) is 4.98 Å². The first-order valence-electron chi connectivity index (χ1n) is 7.52. The van der Waals surface area contributed by atoms with Crippen LogP contribution < -0.4 is 9.47 Å². The quantitative estimate of drug-likeness (QED) is 0.652. The van der Waals surface area contributed by atoms with E-state index in [9.17, 15) is 4.79 Å². The average molecular weight is 326 g/mol. The predicted octanol–water partition coefficient (Wildman–Crippen LogP) is 2.91. The SMILES string of the molecule is COc1ccc(C(=O)OCCn2cnc3ccccc32)c(OC)c1. The van der Waals surface area contributed by atoms with Gasteiger partial charge >= 0.3 is 5.97 Å². The normalized spacial score (nSPS) is 10.6. The molecule has 0 radical (unpaired) electrons. The van der Waals surface area contributed by atoms with Crippen molar-refractivity contribution in [2.45, 2.75) is 6.54 Å². The van der Waals surface area contributed by atoms with Crippen LogP contribution in [0.5, 0.6) is 11.5 Å². The van der Waals surface area contributed by atoms with Crippen molar-refractivity contribution in [1.82, 2.24) is 9.55 Å². The second-order valence-corrected chi connectivity index (χ2v) is 5.13. The maximum absolute atomic E-state index is 12.2. The van der Waals surface area contributed by atoms with Crippen LogP contribution in [0.1, 0.15) is 10.4 Å². The number of esters is 1. The minimum absolute atomic E-state index is 0.244. The molecule has 2 aromatic carbocycles. The van der Waals surface area contributed by atoms with E-state index in [1.54, 1.807) is 31.6 Å². The number of para-hydroxylation sites is 2. The summed E-state index contributed by atoms with van der Waals surface area (Å²) < 4.78 is 17.7.